The third-order valence-electron chi connectivity index (χ3n) is 4.77. The molecule has 138 valence electrons. The van der Waals surface area contributed by atoms with E-state index in [0.29, 0.717) is 13.1 Å². The van der Waals surface area contributed by atoms with Gasteiger partial charge in [0.05, 0.1) is 13.2 Å². The monoisotopic (exact) mass is 353 g/mol. The summed E-state index contributed by atoms with van der Waals surface area (Å²) in [5.41, 5.74) is 4.66. The van der Waals surface area contributed by atoms with Crippen molar-refractivity contribution in [2.24, 2.45) is 0 Å². The van der Waals surface area contributed by atoms with E-state index < -0.39 is 0 Å². The first-order chi connectivity index (χ1) is 12.6. The number of benzene rings is 2. The van der Waals surface area contributed by atoms with Gasteiger partial charge in [0.2, 0.25) is 0 Å². The van der Waals surface area contributed by atoms with Crippen LogP contribution in [0.3, 0.4) is 0 Å². The lowest BCUT2D eigenvalue weighted by molar-refractivity contribution is 0.122. The molecule has 1 aliphatic rings. The Labute approximate surface area is 155 Å². The number of nitrogens with one attached hydrogen (secondary N) is 1. The second-order valence-corrected chi connectivity index (χ2v) is 6.71. The number of urea groups is 1. The van der Waals surface area contributed by atoms with Crippen molar-refractivity contribution in [2.45, 2.75) is 20.0 Å². The van der Waals surface area contributed by atoms with Gasteiger partial charge in [-0.1, -0.05) is 36.4 Å². The van der Waals surface area contributed by atoms with Crippen molar-refractivity contribution in [3.8, 4) is 0 Å². The maximum Gasteiger partial charge on any atom is 0.317 e. The molecule has 5 nitrogen and oxygen atoms in total. The summed E-state index contributed by atoms with van der Waals surface area (Å²) in [4.78, 5) is 16.4. The van der Waals surface area contributed by atoms with Crippen molar-refractivity contribution >= 4 is 11.7 Å². The van der Waals surface area contributed by atoms with Crippen LogP contribution in [-0.4, -0.2) is 44.3 Å². The Balaban J connectivity index is 1.51. The Morgan fingerprint density at radius 2 is 1.81 bits per heavy atom. The summed E-state index contributed by atoms with van der Waals surface area (Å²) < 4.78 is 5.39. The first kappa shape index (κ1) is 18.3. The lowest BCUT2D eigenvalue weighted by atomic mass is 10.1. The minimum atomic E-state index is -0.0643. The lowest BCUT2D eigenvalue weighted by Crippen LogP contribution is -2.37. The summed E-state index contributed by atoms with van der Waals surface area (Å²) in [6.07, 6.45) is 0. The molecule has 0 aliphatic carbocycles. The second-order valence-electron chi connectivity index (χ2n) is 6.71. The smallest absolute Gasteiger partial charge is 0.317 e. The predicted molar refractivity (Wildman–Crippen MR) is 104 cm³/mol. The molecule has 0 bridgehead atoms. The number of rotatable bonds is 5. The summed E-state index contributed by atoms with van der Waals surface area (Å²) in [7, 11) is 1.82. The van der Waals surface area contributed by atoms with Crippen LogP contribution in [0.1, 0.15) is 16.7 Å². The van der Waals surface area contributed by atoms with Gasteiger partial charge in [0.25, 0.3) is 0 Å². The quantitative estimate of drug-likeness (QED) is 0.898. The van der Waals surface area contributed by atoms with Crippen molar-refractivity contribution in [1.82, 2.24) is 10.2 Å². The molecular formula is C21H27N3O2. The van der Waals surface area contributed by atoms with Gasteiger partial charge in [-0.25, -0.2) is 4.79 Å². The first-order valence-corrected chi connectivity index (χ1v) is 9.08. The molecule has 2 amide bonds. The summed E-state index contributed by atoms with van der Waals surface area (Å²) in [5.74, 6) is 0. The van der Waals surface area contributed by atoms with Crippen molar-refractivity contribution in [2.75, 3.05) is 38.3 Å². The normalized spacial score (nSPS) is 14.2. The topological polar surface area (TPSA) is 44.8 Å². The van der Waals surface area contributed by atoms with Gasteiger partial charge in [0, 0.05) is 38.9 Å². The van der Waals surface area contributed by atoms with E-state index in [4.69, 9.17) is 4.74 Å². The number of anilines is 1. The minimum Gasteiger partial charge on any atom is -0.378 e. The molecule has 1 aliphatic heterocycles. The van der Waals surface area contributed by atoms with Crippen LogP contribution in [0.25, 0.3) is 0 Å². The fourth-order valence-corrected chi connectivity index (χ4v) is 3.09. The molecule has 0 spiro atoms. The number of hydrogen-bond acceptors (Lipinski definition) is 3. The summed E-state index contributed by atoms with van der Waals surface area (Å²) in [5, 5.41) is 2.99. The maximum atomic E-state index is 12.3. The highest BCUT2D eigenvalue weighted by Gasteiger charge is 2.12. The molecular weight excluding hydrogens is 326 g/mol. The van der Waals surface area contributed by atoms with E-state index in [1.165, 1.54) is 11.3 Å². The van der Waals surface area contributed by atoms with Crippen LogP contribution in [0.15, 0.2) is 48.5 Å². The van der Waals surface area contributed by atoms with Crippen molar-refractivity contribution < 1.29 is 9.53 Å². The second kappa shape index (κ2) is 8.72. The van der Waals surface area contributed by atoms with Gasteiger partial charge in [-0.2, -0.15) is 0 Å². The van der Waals surface area contributed by atoms with Gasteiger partial charge in [0.1, 0.15) is 0 Å². The largest absolute Gasteiger partial charge is 0.378 e. The standard InChI is InChI=1S/C21H27N3O2/c1-17-5-3-4-6-19(17)15-22-21(25)23(2)16-18-7-9-20(10-8-18)24-11-13-26-14-12-24/h3-10H,11-16H2,1-2H3,(H,22,25). The van der Waals surface area contributed by atoms with Crippen LogP contribution >= 0.6 is 0 Å². The molecule has 26 heavy (non-hydrogen) atoms. The van der Waals surface area contributed by atoms with Crippen molar-refractivity contribution in [1.29, 1.82) is 0 Å². The Kier molecular flexibility index (Phi) is 6.12. The van der Waals surface area contributed by atoms with Crippen LogP contribution < -0.4 is 10.2 Å². The summed E-state index contributed by atoms with van der Waals surface area (Å²) >= 11 is 0. The molecule has 5 heteroatoms. The zero-order valence-corrected chi connectivity index (χ0v) is 15.6. The number of ether oxygens (including phenoxy) is 1. The molecule has 2 aromatic rings. The van der Waals surface area contributed by atoms with E-state index in [-0.39, 0.29) is 6.03 Å². The van der Waals surface area contributed by atoms with E-state index in [1.807, 2.05) is 25.2 Å². The van der Waals surface area contributed by atoms with Crippen LogP contribution in [-0.2, 0) is 17.8 Å². The predicted octanol–water partition coefficient (Wildman–Crippen LogP) is 3.17. The SMILES string of the molecule is Cc1ccccc1CNC(=O)N(C)Cc1ccc(N2CCOCC2)cc1. The highest BCUT2D eigenvalue weighted by Crippen LogP contribution is 2.17. The highest BCUT2D eigenvalue weighted by atomic mass is 16.5. The number of amides is 2. The Bertz CT molecular complexity index is 724. The van der Waals surface area contributed by atoms with Crippen LogP contribution in [0.2, 0.25) is 0 Å². The molecule has 1 N–H and O–H groups in total. The Morgan fingerprint density at radius 3 is 2.50 bits per heavy atom. The van der Waals surface area contributed by atoms with Crippen LogP contribution in [0.5, 0.6) is 0 Å². The maximum absolute atomic E-state index is 12.3. The number of aryl methyl sites for hydroxylation is 1. The third kappa shape index (κ3) is 4.76. The first-order valence-electron chi connectivity index (χ1n) is 9.08. The molecule has 0 atom stereocenters. The third-order valence-corrected chi connectivity index (χ3v) is 4.77. The molecule has 1 heterocycles. The average molecular weight is 353 g/mol. The van der Waals surface area contributed by atoms with E-state index >= 15 is 0 Å². The average Bonchev–Trinajstić information content (AvgIpc) is 2.68. The number of hydrogen-bond donors (Lipinski definition) is 1. The summed E-state index contributed by atoms with van der Waals surface area (Å²) in [6, 6.07) is 16.5. The van der Waals surface area contributed by atoms with E-state index in [9.17, 15) is 4.79 Å². The molecule has 1 saturated heterocycles. The van der Waals surface area contributed by atoms with Gasteiger partial charge in [-0.05, 0) is 35.7 Å². The lowest BCUT2D eigenvalue weighted by Gasteiger charge is -2.29. The van der Waals surface area contributed by atoms with Crippen LogP contribution in [0.4, 0.5) is 10.5 Å². The molecule has 0 aromatic heterocycles. The fourth-order valence-electron chi connectivity index (χ4n) is 3.09. The number of nitrogens with zero attached hydrogens (tertiary/aromatic N) is 2. The fraction of sp³-hybridized carbons (Fsp3) is 0.381. The zero-order valence-electron chi connectivity index (χ0n) is 15.6. The molecule has 0 unspecified atom stereocenters. The van der Waals surface area contributed by atoms with Crippen molar-refractivity contribution in [3.63, 3.8) is 0 Å². The zero-order chi connectivity index (χ0) is 18.4. The van der Waals surface area contributed by atoms with Gasteiger partial charge in [0.15, 0.2) is 0 Å². The van der Waals surface area contributed by atoms with Gasteiger partial charge in [-0.15, -0.1) is 0 Å². The molecule has 2 aromatic carbocycles. The molecule has 1 fully saturated rings. The Morgan fingerprint density at radius 1 is 1.12 bits per heavy atom. The van der Waals surface area contributed by atoms with E-state index in [0.717, 1.165) is 37.4 Å². The molecule has 0 saturated carbocycles. The minimum absolute atomic E-state index is 0.0643. The van der Waals surface area contributed by atoms with E-state index in [1.54, 1.807) is 4.90 Å². The van der Waals surface area contributed by atoms with Gasteiger partial charge >= 0.3 is 6.03 Å². The summed E-state index contributed by atoms with van der Waals surface area (Å²) in [6.45, 7) is 6.62. The Hall–Kier alpha value is -2.53. The van der Waals surface area contributed by atoms with Gasteiger partial charge < -0.3 is 19.9 Å². The number of carbonyl (C=O) groups excluding carboxylic acids is 1. The molecule has 0 radical (unpaired) electrons. The highest BCUT2D eigenvalue weighted by molar-refractivity contribution is 5.73. The van der Waals surface area contributed by atoms with Gasteiger partial charge in [-0.3, -0.25) is 0 Å². The number of morpholine rings is 1. The number of carbonyl (C=O) groups is 1. The van der Waals surface area contributed by atoms with E-state index in [2.05, 4.69) is 47.5 Å². The van der Waals surface area contributed by atoms with Crippen LogP contribution in [0, 0.1) is 6.92 Å². The van der Waals surface area contributed by atoms with Crippen molar-refractivity contribution in [3.05, 3.63) is 65.2 Å². The molecule has 3 rings (SSSR count).